The van der Waals surface area contributed by atoms with E-state index in [0.717, 1.165) is 25.2 Å². The molecule has 1 atom stereocenters. The van der Waals surface area contributed by atoms with Crippen molar-refractivity contribution in [2.24, 2.45) is 5.73 Å². The maximum atomic E-state index is 13.6. The summed E-state index contributed by atoms with van der Waals surface area (Å²) in [5, 5.41) is 0. The maximum absolute atomic E-state index is 13.6. The summed E-state index contributed by atoms with van der Waals surface area (Å²) in [4.78, 5) is 13.9. The average Bonchev–Trinajstić information content (AvgIpc) is 2.39. The van der Waals surface area contributed by atoms with Crippen LogP contribution in [0.4, 0.5) is 10.1 Å². The van der Waals surface area contributed by atoms with Gasteiger partial charge in [0.1, 0.15) is 5.82 Å². The van der Waals surface area contributed by atoms with Crippen LogP contribution in [0.25, 0.3) is 0 Å². The van der Waals surface area contributed by atoms with Gasteiger partial charge in [0, 0.05) is 24.7 Å². The first-order valence-electron chi connectivity index (χ1n) is 6.58. The van der Waals surface area contributed by atoms with E-state index in [-0.39, 0.29) is 23.2 Å². The van der Waals surface area contributed by atoms with Gasteiger partial charge in [-0.3, -0.25) is 9.52 Å². The highest BCUT2D eigenvalue weighted by molar-refractivity contribution is 7.92. The minimum atomic E-state index is -3.61. The Morgan fingerprint density at radius 1 is 1.48 bits per heavy atom. The number of sulfonamides is 1. The molecule has 0 aliphatic carbocycles. The first kappa shape index (κ1) is 15.7. The molecule has 3 N–H and O–H groups in total. The lowest BCUT2D eigenvalue weighted by Crippen LogP contribution is -2.45. The summed E-state index contributed by atoms with van der Waals surface area (Å²) in [6.07, 6.45) is 2.61. The Morgan fingerprint density at radius 3 is 2.81 bits per heavy atom. The number of piperidine rings is 1. The van der Waals surface area contributed by atoms with Gasteiger partial charge in [-0.05, 0) is 31.0 Å². The highest BCUT2D eigenvalue weighted by atomic mass is 32.2. The smallest absolute Gasteiger partial charge is 0.253 e. The van der Waals surface area contributed by atoms with E-state index in [0.29, 0.717) is 13.1 Å². The Kier molecular flexibility index (Phi) is 4.48. The highest BCUT2D eigenvalue weighted by Gasteiger charge is 2.23. The standard InChI is InChI=1S/C13H18FN3O3S/c1-21(19,20)16-12-7-9(4-5-11(12)14)13(18)17-6-2-3-10(15)8-17/h4-5,7,10,16H,2-3,6,8,15H2,1H3. The molecule has 1 saturated heterocycles. The van der Waals surface area contributed by atoms with Gasteiger partial charge in [0.25, 0.3) is 5.91 Å². The molecule has 116 valence electrons. The van der Waals surface area contributed by atoms with E-state index in [1.807, 2.05) is 0 Å². The number of carbonyl (C=O) groups excluding carboxylic acids is 1. The number of amides is 1. The van der Waals surface area contributed by atoms with E-state index in [9.17, 15) is 17.6 Å². The van der Waals surface area contributed by atoms with Crippen molar-refractivity contribution in [3.8, 4) is 0 Å². The number of nitrogens with one attached hydrogen (secondary N) is 1. The number of hydrogen-bond acceptors (Lipinski definition) is 4. The Hall–Kier alpha value is -1.67. The third-order valence-corrected chi connectivity index (χ3v) is 3.84. The van der Waals surface area contributed by atoms with Crippen LogP contribution in [0.2, 0.25) is 0 Å². The molecule has 6 nitrogen and oxygen atoms in total. The third-order valence-electron chi connectivity index (χ3n) is 3.25. The number of benzene rings is 1. The first-order valence-corrected chi connectivity index (χ1v) is 8.47. The predicted octanol–water partition coefficient (Wildman–Crippen LogP) is 0.760. The SMILES string of the molecule is CS(=O)(=O)Nc1cc(C(=O)N2CCCC(N)C2)ccc1F. The Morgan fingerprint density at radius 2 is 2.19 bits per heavy atom. The predicted molar refractivity (Wildman–Crippen MR) is 78.0 cm³/mol. The topological polar surface area (TPSA) is 92.5 Å². The molecule has 21 heavy (non-hydrogen) atoms. The lowest BCUT2D eigenvalue weighted by molar-refractivity contribution is 0.0709. The van der Waals surface area contributed by atoms with Crippen LogP contribution in [0.3, 0.4) is 0 Å². The summed E-state index contributed by atoms with van der Waals surface area (Å²) < 4.78 is 38.0. The Bertz CT molecular complexity index is 648. The van der Waals surface area contributed by atoms with Crippen molar-refractivity contribution in [1.29, 1.82) is 0 Å². The number of carbonyl (C=O) groups is 1. The van der Waals surface area contributed by atoms with E-state index >= 15 is 0 Å². The zero-order valence-electron chi connectivity index (χ0n) is 11.7. The van der Waals surface area contributed by atoms with Crippen LogP contribution in [0.15, 0.2) is 18.2 Å². The summed E-state index contributed by atoms with van der Waals surface area (Å²) in [6.45, 7) is 1.05. The Labute approximate surface area is 123 Å². The van der Waals surface area contributed by atoms with Gasteiger partial charge in [-0.2, -0.15) is 0 Å². The first-order chi connectivity index (χ1) is 9.76. The van der Waals surface area contributed by atoms with Gasteiger partial charge >= 0.3 is 0 Å². The van der Waals surface area contributed by atoms with E-state index in [1.54, 1.807) is 4.90 Å². The highest BCUT2D eigenvalue weighted by Crippen LogP contribution is 2.20. The zero-order chi connectivity index (χ0) is 15.6. The monoisotopic (exact) mass is 315 g/mol. The molecule has 0 saturated carbocycles. The number of anilines is 1. The largest absolute Gasteiger partial charge is 0.337 e. The molecule has 1 aliphatic heterocycles. The van der Waals surface area contributed by atoms with Gasteiger partial charge in [0.15, 0.2) is 0 Å². The van der Waals surface area contributed by atoms with E-state index < -0.39 is 15.8 Å². The number of nitrogens with zero attached hydrogens (tertiary/aromatic N) is 1. The van der Waals surface area contributed by atoms with Gasteiger partial charge in [0.05, 0.1) is 11.9 Å². The summed E-state index contributed by atoms with van der Waals surface area (Å²) in [7, 11) is -3.61. The third kappa shape index (κ3) is 4.15. The van der Waals surface area contributed by atoms with Crippen LogP contribution in [-0.2, 0) is 10.0 Å². The van der Waals surface area contributed by atoms with Crippen molar-refractivity contribution in [3.05, 3.63) is 29.6 Å². The van der Waals surface area contributed by atoms with Crippen molar-refractivity contribution >= 4 is 21.6 Å². The van der Waals surface area contributed by atoms with Crippen LogP contribution in [0.1, 0.15) is 23.2 Å². The van der Waals surface area contributed by atoms with Crippen molar-refractivity contribution < 1.29 is 17.6 Å². The van der Waals surface area contributed by atoms with Gasteiger partial charge < -0.3 is 10.6 Å². The fourth-order valence-electron chi connectivity index (χ4n) is 2.31. The summed E-state index contributed by atoms with van der Waals surface area (Å²) in [5.74, 6) is -1.01. The van der Waals surface area contributed by atoms with Gasteiger partial charge in [0.2, 0.25) is 10.0 Å². The summed E-state index contributed by atoms with van der Waals surface area (Å²) in [5.41, 5.74) is 5.83. The summed E-state index contributed by atoms with van der Waals surface area (Å²) in [6, 6.07) is 3.56. The Balaban J connectivity index is 2.23. The number of nitrogens with two attached hydrogens (primary N) is 1. The van der Waals surface area contributed by atoms with Crippen LogP contribution >= 0.6 is 0 Å². The second kappa shape index (κ2) is 5.98. The minimum absolute atomic E-state index is 0.0586. The molecule has 0 bridgehead atoms. The molecule has 1 unspecified atom stereocenters. The van der Waals surface area contributed by atoms with Crippen LogP contribution in [-0.4, -0.2) is 44.6 Å². The molecule has 1 aliphatic rings. The number of likely N-dealkylation sites (tertiary alicyclic amines) is 1. The molecule has 0 aromatic heterocycles. The fourth-order valence-corrected chi connectivity index (χ4v) is 2.87. The molecule has 0 spiro atoms. The van der Waals surface area contributed by atoms with Crippen molar-refractivity contribution in [3.63, 3.8) is 0 Å². The number of hydrogen-bond donors (Lipinski definition) is 2. The second-order valence-corrected chi connectivity index (χ2v) is 6.97. The summed E-state index contributed by atoms with van der Waals surface area (Å²) >= 11 is 0. The normalized spacial score (nSPS) is 19.4. The lowest BCUT2D eigenvalue weighted by Gasteiger charge is -2.30. The molecule has 1 aromatic carbocycles. The lowest BCUT2D eigenvalue weighted by atomic mass is 10.1. The van der Waals surface area contributed by atoms with Crippen LogP contribution < -0.4 is 10.5 Å². The molecule has 2 rings (SSSR count). The zero-order valence-corrected chi connectivity index (χ0v) is 12.5. The molecule has 1 aromatic rings. The van der Waals surface area contributed by atoms with Crippen LogP contribution in [0.5, 0.6) is 0 Å². The minimum Gasteiger partial charge on any atom is -0.337 e. The van der Waals surface area contributed by atoms with Crippen molar-refractivity contribution in [2.75, 3.05) is 24.1 Å². The molecular weight excluding hydrogens is 297 g/mol. The van der Waals surface area contributed by atoms with Crippen molar-refractivity contribution in [1.82, 2.24) is 4.90 Å². The van der Waals surface area contributed by atoms with Crippen LogP contribution in [0, 0.1) is 5.82 Å². The van der Waals surface area contributed by atoms with Gasteiger partial charge in [-0.15, -0.1) is 0 Å². The molecule has 1 fully saturated rings. The molecule has 1 heterocycles. The number of halogens is 1. The van der Waals surface area contributed by atoms with Crippen molar-refractivity contribution in [2.45, 2.75) is 18.9 Å². The average molecular weight is 315 g/mol. The van der Waals surface area contributed by atoms with E-state index in [2.05, 4.69) is 4.72 Å². The second-order valence-electron chi connectivity index (χ2n) is 5.22. The number of rotatable bonds is 3. The quantitative estimate of drug-likeness (QED) is 0.861. The van der Waals surface area contributed by atoms with E-state index in [1.165, 1.54) is 12.1 Å². The fraction of sp³-hybridized carbons (Fsp3) is 0.462. The molecular formula is C13H18FN3O3S. The molecule has 0 radical (unpaired) electrons. The van der Waals surface area contributed by atoms with Gasteiger partial charge in [-0.25, -0.2) is 12.8 Å². The molecule has 8 heteroatoms. The van der Waals surface area contributed by atoms with Gasteiger partial charge in [-0.1, -0.05) is 0 Å². The van der Waals surface area contributed by atoms with E-state index in [4.69, 9.17) is 5.73 Å². The molecule has 1 amide bonds. The maximum Gasteiger partial charge on any atom is 0.253 e.